The van der Waals surface area contributed by atoms with Crippen LogP contribution in [0.5, 0.6) is 5.75 Å². The van der Waals surface area contributed by atoms with Crippen LogP contribution >= 0.6 is 11.6 Å². The van der Waals surface area contributed by atoms with Crippen molar-refractivity contribution in [1.82, 2.24) is 0 Å². The number of benzene rings is 1. The van der Waals surface area contributed by atoms with E-state index in [2.05, 4.69) is 4.72 Å². The molecule has 0 bridgehead atoms. The van der Waals surface area contributed by atoms with Crippen LogP contribution in [0.2, 0.25) is 5.02 Å². The molecular weight excluding hydrogens is 285 g/mol. The minimum Gasteiger partial charge on any atom is -0.504 e. The van der Waals surface area contributed by atoms with Crippen molar-refractivity contribution < 1.29 is 22.7 Å². The second-order valence-electron chi connectivity index (χ2n) is 3.55. The molecule has 0 unspecified atom stereocenters. The summed E-state index contributed by atoms with van der Waals surface area (Å²) in [7, 11) is -2.22. The molecule has 0 heterocycles. The van der Waals surface area contributed by atoms with Gasteiger partial charge in [0, 0.05) is 19.8 Å². The first-order valence-electron chi connectivity index (χ1n) is 5.03. The number of ether oxygens (including phenoxy) is 1. The number of halogens is 2. The lowest BCUT2D eigenvalue weighted by Crippen LogP contribution is -2.18. The first kappa shape index (κ1) is 15.0. The average Bonchev–Trinajstić information content (AvgIpc) is 2.25. The molecule has 18 heavy (non-hydrogen) atoms. The van der Waals surface area contributed by atoms with E-state index in [-0.39, 0.29) is 29.5 Å². The summed E-state index contributed by atoms with van der Waals surface area (Å²) in [6, 6.07) is 1.74. The van der Waals surface area contributed by atoms with E-state index in [0.29, 0.717) is 0 Å². The van der Waals surface area contributed by atoms with Crippen molar-refractivity contribution >= 4 is 27.3 Å². The zero-order valence-corrected chi connectivity index (χ0v) is 11.2. The van der Waals surface area contributed by atoms with E-state index in [1.165, 1.54) is 7.11 Å². The van der Waals surface area contributed by atoms with Crippen molar-refractivity contribution in [1.29, 1.82) is 0 Å². The fourth-order valence-electron chi connectivity index (χ4n) is 1.26. The molecule has 0 amide bonds. The molecule has 0 aliphatic carbocycles. The smallest absolute Gasteiger partial charge is 0.232 e. The van der Waals surface area contributed by atoms with Gasteiger partial charge < -0.3 is 9.84 Å². The van der Waals surface area contributed by atoms with Gasteiger partial charge in [0.05, 0.1) is 16.5 Å². The maximum atomic E-state index is 13.0. The average molecular weight is 298 g/mol. The van der Waals surface area contributed by atoms with Gasteiger partial charge >= 0.3 is 0 Å². The topological polar surface area (TPSA) is 75.6 Å². The molecule has 0 saturated heterocycles. The summed E-state index contributed by atoms with van der Waals surface area (Å²) in [5.41, 5.74) is -0.280. The van der Waals surface area contributed by atoms with E-state index in [0.717, 1.165) is 12.1 Å². The summed E-state index contributed by atoms with van der Waals surface area (Å²) in [5, 5.41) is 9.25. The van der Waals surface area contributed by atoms with Gasteiger partial charge in [-0.15, -0.1) is 0 Å². The summed E-state index contributed by atoms with van der Waals surface area (Å²) in [6.07, 6.45) is 0.287. The van der Waals surface area contributed by atoms with Crippen molar-refractivity contribution in [2.75, 3.05) is 24.2 Å². The summed E-state index contributed by atoms with van der Waals surface area (Å²) in [5.74, 6) is -1.45. The highest BCUT2D eigenvalue weighted by Gasteiger charge is 2.15. The third-order valence-electron chi connectivity index (χ3n) is 2.06. The van der Waals surface area contributed by atoms with Crippen molar-refractivity contribution in [3.63, 3.8) is 0 Å². The third-order valence-corrected chi connectivity index (χ3v) is 3.70. The van der Waals surface area contributed by atoms with Crippen LogP contribution in [0, 0.1) is 5.82 Å². The number of methoxy groups -OCH3 is 1. The Kier molecular flexibility index (Phi) is 5.18. The second-order valence-corrected chi connectivity index (χ2v) is 5.80. The standard InChI is InChI=1S/C10H13ClFNO4S/c1-17-3-2-4-18(15,16)13-9-6-7(12)5-8(11)10(9)14/h5-6,13-14H,2-4H2,1H3. The zero-order chi connectivity index (χ0) is 13.8. The third kappa shape index (κ3) is 4.32. The SMILES string of the molecule is COCCCS(=O)(=O)Nc1cc(F)cc(Cl)c1O. The van der Waals surface area contributed by atoms with E-state index >= 15 is 0 Å². The predicted octanol–water partition coefficient (Wildman–Crippen LogP) is 1.96. The molecule has 1 rings (SSSR count). The van der Waals surface area contributed by atoms with Gasteiger partial charge in [0.25, 0.3) is 0 Å². The van der Waals surface area contributed by atoms with Gasteiger partial charge in [0.2, 0.25) is 10.0 Å². The van der Waals surface area contributed by atoms with Crippen LogP contribution in [-0.2, 0) is 14.8 Å². The number of rotatable bonds is 6. The Bertz CT molecular complexity index is 521. The molecule has 0 spiro atoms. The molecule has 0 radical (unpaired) electrons. The highest BCUT2D eigenvalue weighted by molar-refractivity contribution is 7.92. The molecule has 1 aromatic carbocycles. The molecule has 0 aliphatic heterocycles. The lowest BCUT2D eigenvalue weighted by molar-refractivity contribution is 0.199. The van der Waals surface area contributed by atoms with E-state index < -0.39 is 21.6 Å². The lowest BCUT2D eigenvalue weighted by Gasteiger charge is -2.10. The summed E-state index contributed by atoms with van der Waals surface area (Å²) in [6.45, 7) is 0.288. The molecule has 0 aliphatic rings. The monoisotopic (exact) mass is 297 g/mol. The van der Waals surface area contributed by atoms with Crippen LogP contribution in [0.3, 0.4) is 0 Å². The van der Waals surface area contributed by atoms with Gasteiger partial charge in [-0.1, -0.05) is 11.6 Å². The highest BCUT2D eigenvalue weighted by Crippen LogP contribution is 2.33. The van der Waals surface area contributed by atoms with Gasteiger partial charge in [-0.2, -0.15) is 0 Å². The molecule has 0 fully saturated rings. The zero-order valence-electron chi connectivity index (χ0n) is 9.61. The van der Waals surface area contributed by atoms with Crippen LogP contribution in [0.25, 0.3) is 0 Å². The van der Waals surface area contributed by atoms with E-state index in [1.807, 2.05) is 0 Å². The number of aromatic hydroxyl groups is 1. The summed E-state index contributed by atoms with van der Waals surface area (Å²) in [4.78, 5) is 0. The van der Waals surface area contributed by atoms with Gasteiger partial charge in [-0.05, 0) is 12.5 Å². The Morgan fingerprint density at radius 1 is 1.50 bits per heavy atom. The van der Waals surface area contributed by atoms with Crippen LogP contribution in [0.4, 0.5) is 10.1 Å². The van der Waals surface area contributed by atoms with E-state index in [4.69, 9.17) is 16.3 Å². The first-order valence-corrected chi connectivity index (χ1v) is 7.06. The Balaban J connectivity index is 2.84. The molecular formula is C10H13ClFNO4S. The summed E-state index contributed by atoms with van der Waals surface area (Å²) < 4.78 is 43.0. The number of nitrogens with one attached hydrogen (secondary N) is 1. The first-order chi connectivity index (χ1) is 8.35. The Hall–Kier alpha value is -1.05. The number of anilines is 1. The summed E-state index contributed by atoms with van der Waals surface area (Å²) >= 11 is 5.53. The fourth-order valence-corrected chi connectivity index (χ4v) is 2.55. The van der Waals surface area contributed by atoms with Crippen LogP contribution in [0.15, 0.2) is 12.1 Å². The van der Waals surface area contributed by atoms with Gasteiger partial charge in [0.1, 0.15) is 5.82 Å². The van der Waals surface area contributed by atoms with Crippen LogP contribution < -0.4 is 4.72 Å². The number of phenolic OH excluding ortho intramolecular Hbond substituents is 1. The van der Waals surface area contributed by atoms with Crippen molar-refractivity contribution in [3.8, 4) is 5.75 Å². The molecule has 102 valence electrons. The van der Waals surface area contributed by atoms with Crippen molar-refractivity contribution in [2.45, 2.75) is 6.42 Å². The minimum atomic E-state index is -3.68. The van der Waals surface area contributed by atoms with Gasteiger partial charge in [-0.25, -0.2) is 12.8 Å². The number of phenols is 1. The fraction of sp³-hybridized carbons (Fsp3) is 0.400. The van der Waals surface area contributed by atoms with Gasteiger partial charge in [0.15, 0.2) is 5.75 Å². The molecule has 2 N–H and O–H groups in total. The normalized spacial score (nSPS) is 11.5. The van der Waals surface area contributed by atoms with E-state index in [9.17, 15) is 17.9 Å². The largest absolute Gasteiger partial charge is 0.504 e. The van der Waals surface area contributed by atoms with Crippen LogP contribution in [0.1, 0.15) is 6.42 Å². The quantitative estimate of drug-likeness (QED) is 0.622. The highest BCUT2D eigenvalue weighted by atomic mass is 35.5. The molecule has 5 nitrogen and oxygen atoms in total. The van der Waals surface area contributed by atoms with E-state index in [1.54, 1.807) is 0 Å². The molecule has 0 aromatic heterocycles. The molecule has 1 aromatic rings. The number of hydrogen-bond donors (Lipinski definition) is 2. The van der Waals surface area contributed by atoms with Crippen molar-refractivity contribution in [3.05, 3.63) is 23.0 Å². The minimum absolute atomic E-state index is 0.200. The second kappa shape index (κ2) is 6.21. The maximum Gasteiger partial charge on any atom is 0.232 e. The van der Waals surface area contributed by atoms with Crippen LogP contribution in [-0.4, -0.2) is 33.0 Å². The molecule has 0 saturated carbocycles. The Morgan fingerprint density at radius 2 is 2.17 bits per heavy atom. The van der Waals surface area contributed by atoms with Crippen molar-refractivity contribution in [2.24, 2.45) is 0 Å². The predicted molar refractivity (Wildman–Crippen MR) is 67.0 cm³/mol. The number of sulfonamides is 1. The van der Waals surface area contributed by atoms with Gasteiger partial charge in [-0.3, -0.25) is 4.72 Å². The lowest BCUT2D eigenvalue weighted by atomic mass is 10.3. The maximum absolute atomic E-state index is 13.0. The Labute approximate surface area is 110 Å². The molecule has 0 atom stereocenters. The number of hydrogen-bond acceptors (Lipinski definition) is 4. The Morgan fingerprint density at radius 3 is 2.78 bits per heavy atom. The molecule has 8 heteroatoms.